The lowest BCUT2D eigenvalue weighted by molar-refractivity contribution is 0.318. The van der Waals surface area contributed by atoms with Gasteiger partial charge in [-0.1, -0.05) is 6.07 Å². The third-order valence-corrected chi connectivity index (χ3v) is 2.97. The Morgan fingerprint density at radius 3 is 3.00 bits per heavy atom. The molecule has 0 saturated heterocycles. The van der Waals surface area contributed by atoms with Gasteiger partial charge in [0.05, 0.1) is 5.69 Å². The molecule has 3 nitrogen and oxygen atoms in total. The summed E-state index contributed by atoms with van der Waals surface area (Å²) in [6.45, 7) is 3.89. The zero-order valence-electron chi connectivity index (χ0n) is 10.3. The van der Waals surface area contributed by atoms with Crippen molar-refractivity contribution in [3.8, 4) is 0 Å². The molecule has 0 saturated carbocycles. The summed E-state index contributed by atoms with van der Waals surface area (Å²) in [4.78, 5) is 6.82. The van der Waals surface area contributed by atoms with E-state index in [-0.39, 0.29) is 5.38 Å². The maximum atomic E-state index is 5.94. The normalized spacial score (nSPS) is 13.4. The van der Waals surface area contributed by atoms with Gasteiger partial charge in [0.15, 0.2) is 0 Å². The van der Waals surface area contributed by atoms with Gasteiger partial charge in [0.1, 0.15) is 5.65 Å². The van der Waals surface area contributed by atoms with Crippen LogP contribution in [-0.2, 0) is 6.54 Å². The van der Waals surface area contributed by atoms with Crippen molar-refractivity contribution in [2.45, 2.75) is 25.3 Å². The molecule has 0 aliphatic carbocycles. The Bertz CT molecular complexity index is 445. The number of hydrogen-bond donors (Lipinski definition) is 0. The lowest BCUT2D eigenvalue weighted by Gasteiger charge is -2.15. The Morgan fingerprint density at radius 1 is 1.47 bits per heavy atom. The van der Waals surface area contributed by atoms with Gasteiger partial charge in [-0.25, -0.2) is 4.98 Å². The fourth-order valence-corrected chi connectivity index (χ4v) is 1.91. The molecule has 2 heterocycles. The smallest absolute Gasteiger partial charge is 0.137 e. The highest BCUT2D eigenvalue weighted by atomic mass is 35.5. The second kappa shape index (κ2) is 5.52. The van der Waals surface area contributed by atoms with E-state index in [9.17, 15) is 0 Å². The first-order valence-corrected chi connectivity index (χ1v) is 6.34. The molecule has 2 aromatic heterocycles. The SMILES string of the molecule is CC(Cl)CCN(C)Cc1cn2ccccc2n1. The zero-order valence-corrected chi connectivity index (χ0v) is 11.1. The van der Waals surface area contributed by atoms with Gasteiger partial charge in [-0.3, -0.25) is 0 Å². The molecular formula is C13H18ClN3. The van der Waals surface area contributed by atoms with Crippen LogP contribution in [0.4, 0.5) is 0 Å². The first kappa shape index (κ1) is 12.4. The van der Waals surface area contributed by atoms with Crippen LogP contribution in [0, 0.1) is 0 Å². The quantitative estimate of drug-likeness (QED) is 0.762. The fourth-order valence-electron chi connectivity index (χ4n) is 1.82. The van der Waals surface area contributed by atoms with Gasteiger partial charge in [-0.15, -0.1) is 11.6 Å². The lowest BCUT2D eigenvalue weighted by atomic mass is 10.3. The van der Waals surface area contributed by atoms with E-state index in [2.05, 4.69) is 23.1 Å². The fraction of sp³-hybridized carbons (Fsp3) is 0.462. The highest BCUT2D eigenvalue weighted by Crippen LogP contribution is 2.08. The van der Waals surface area contributed by atoms with Gasteiger partial charge < -0.3 is 9.30 Å². The average Bonchev–Trinajstić information content (AvgIpc) is 2.68. The van der Waals surface area contributed by atoms with Crippen LogP contribution in [0.15, 0.2) is 30.6 Å². The molecule has 92 valence electrons. The highest BCUT2D eigenvalue weighted by Gasteiger charge is 2.06. The predicted octanol–water partition coefficient (Wildman–Crippen LogP) is 2.78. The van der Waals surface area contributed by atoms with Crippen molar-refractivity contribution in [1.29, 1.82) is 0 Å². The van der Waals surface area contributed by atoms with Gasteiger partial charge >= 0.3 is 0 Å². The number of hydrogen-bond acceptors (Lipinski definition) is 2. The van der Waals surface area contributed by atoms with Crippen molar-refractivity contribution in [2.75, 3.05) is 13.6 Å². The van der Waals surface area contributed by atoms with Gasteiger partial charge in [-0.2, -0.15) is 0 Å². The van der Waals surface area contributed by atoms with E-state index in [4.69, 9.17) is 11.6 Å². The molecule has 0 fully saturated rings. The standard InChI is InChI=1S/C13H18ClN3/c1-11(14)6-8-16(2)9-12-10-17-7-4-3-5-13(17)15-12/h3-5,7,10-11H,6,8-9H2,1-2H3. The summed E-state index contributed by atoms with van der Waals surface area (Å²) in [7, 11) is 2.10. The molecular weight excluding hydrogens is 234 g/mol. The molecule has 1 atom stereocenters. The summed E-state index contributed by atoms with van der Waals surface area (Å²) in [5, 5.41) is 0.235. The Labute approximate surface area is 107 Å². The van der Waals surface area contributed by atoms with E-state index >= 15 is 0 Å². The second-order valence-corrected chi connectivity index (χ2v) is 5.25. The van der Waals surface area contributed by atoms with Crippen LogP contribution >= 0.6 is 11.6 Å². The molecule has 2 aromatic rings. The van der Waals surface area contributed by atoms with E-state index in [1.807, 2.05) is 35.7 Å². The number of imidazole rings is 1. The molecule has 0 N–H and O–H groups in total. The van der Waals surface area contributed by atoms with Gasteiger partial charge in [-0.05, 0) is 39.1 Å². The largest absolute Gasteiger partial charge is 0.307 e. The van der Waals surface area contributed by atoms with E-state index in [1.165, 1.54) is 0 Å². The maximum absolute atomic E-state index is 5.94. The number of halogens is 1. The predicted molar refractivity (Wildman–Crippen MR) is 71.5 cm³/mol. The third-order valence-electron chi connectivity index (χ3n) is 2.75. The number of fused-ring (bicyclic) bond motifs is 1. The van der Waals surface area contributed by atoms with Crippen molar-refractivity contribution in [3.63, 3.8) is 0 Å². The minimum Gasteiger partial charge on any atom is -0.307 e. The van der Waals surface area contributed by atoms with Crippen LogP contribution in [-0.4, -0.2) is 33.3 Å². The maximum Gasteiger partial charge on any atom is 0.137 e. The zero-order chi connectivity index (χ0) is 12.3. The molecule has 0 spiro atoms. The highest BCUT2D eigenvalue weighted by molar-refractivity contribution is 6.20. The van der Waals surface area contributed by atoms with Crippen LogP contribution in [0.5, 0.6) is 0 Å². The number of alkyl halides is 1. The summed E-state index contributed by atoms with van der Waals surface area (Å²) in [6, 6.07) is 6.03. The van der Waals surface area contributed by atoms with Crippen LogP contribution in [0.1, 0.15) is 19.0 Å². The minimum atomic E-state index is 0.235. The number of pyridine rings is 1. The summed E-state index contributed by atoms with van der Waals surface area (Å²) < 4.78 is 2.05. The molecule has 0 amide bonds. The molecule has 0 aliphatic heterocycles. The molecule has 4 heteroatoms. The van der Waals surface area contributed by atoms with E-state index in [0.717, 1.165) is 30.9 Å². The Morgan fingerprint density at radius 2 is 2.29 bits per heavy atom. The van der Waals surface area contributed by atoms with Crippen molar-refractivity contribution < 1.29 is 0 Å². The van der Waals surface area contributed by atoms with Gasteiger partial charge in [0, 0.05) is 24.3 Å². The van der Waals surface area contributed by atoms with Crippen LogP contribution in [0.2, 0.25) is 0 Å². The molecule has 0 bridgehead atoms. The molecule has 2 rings (SSSR count). The Balaban J connectivity index is 1.98. The number of aromatic nitrogens is 2. The van der Waals surface area contributed by atoms with Gasteiger partial charge in [0.2, 0.25) is 0 Å². The minimum absolute atomic E-state index is 0.235. The number of nitrogens with zero attached hydrogens (tertiary/aromatic N) is 3. The van der Waals surface area contributed by atoms with E-state index < -0.39 is 0 Å². The van der Waals surface area contributed by atoms with Crippen molar-refractivity contribution in [3.05, 3.63) is 36.3 Å². The van der Waals surface area contributed by atoms with Crippen molar-refractivity contribution >= 4 is 17.2 Å². The topological polar surface area (TPSA) is 20.5 Å². The second-order valence-electron chi connectivity index (χ2n) is 4.51. The van der Waals surface area contributed by atoms with Crippen LogP contribution in [0.25, 0.3) is 5.65 Å². The molecule has 0 aliphatic rings. The first-order chi connectivity index (χ1) is 8.15. The third kappa shape index (κ3) is 3.45. The van der Waals surface area contributed by atoms with Gasteiger partial charge in [0.25, 0.3) is 0 Å². The van der Waals surface area contributed by atoms with Crippen molar-refractivity contribution in [1.82, 2.24) is 14.3 Å². The molecule has 0 radical (unpaired) electrons. The van der Waals surface area contributed by atoms with E-state index in [1.54, 1.807) is 0 Å². The molecule has 0 aromatic carbocycles. The Hall–Kier alpha value is -1.06. The molecule has 1 unspecified atom stereocenters. The van der Waals surface area contributed by atoms with E-state index in [0.29, 0.717) is 0 Å². The molecule has 17 heavy (non-hydrogen) atoms. The number of rotatable bonds is 5. The monoisotopic (exact) mass is 251 g/mol. The van der Waals surface area contributed by atoms with Crippen LogP contribution < -0.4 is 0 Å². The lowest BCUT2D eigenvalue weighted by Crippen LogP contribution is -2.21. The average molecular weight is 252 g/mol. The Kier molecular flexibility index (Phi) is 4.02. The summed E-state index contributed by atoms with van der Waals surface area (Å²) in [6.07, 6.45) is 5.11. The summed E-state index contributed by atoms with van der Waals surface area (Å²) in [5.74, 6) is 0. The van der Waals surface area contributed by atoms with Crippen molar-refractivity contribution in [2.24, 2.45) is 0 Å². The van der Waals surface area contributed by atoms with Crippen LogP contribution in [0.3, 0.4) is 0 Å². The summed E-state index contributed by atoms with van der Waals surface area (Å²) in [5.41, 5.74) is 2.10. The first-order valence-electron chi connectivity index (χ1n) is 5.90. The summed E-state index contributed by atoms with van der Waals surface area (Å²) >= 11 is 5.94.